The van der Waals surface area contributed by atoms with Crippen LogP contribution in [0.3, 0.4) is 0 Å². The molecule has 0 bridgehead atoms. The minimum atomic E-state index is -0.220. The van der Waals surface area contributed by atoms with Crippen LogP contribution < -0.4 is 4.74 Å². The molecule has 1 aromatic carbocycles. The number of ether oxygens (including phenoxy) is 2. The van der Waals surface area contributed by atoms with Gasteiger partial charge in [-0.3, -0.25) is 9.59 Å². The molecule has 1 rings (SSSR count). The molecule has 0 amide bonds. The Morgan fingerprint density at radius 1 is 0.676 bits per heavy atom. The van der Waals surface area contributed by atoms with Gasteiger partial charge in [-0.1, -0.05) is 114 Å². The molecule has 0 fully saturated rings. The van der Waals surface area contributed by atoms with Crippen LogP contribution in [0.4, 0.5) is 0 Å². The molecule has 0 saturated carbocycles. The van der Waals surface area contributed by atoms with E-state index < -0.39 is 0 Å². The normalized spacial score (nSPS) is 10.9. The van der Waals surface area contributed by atoms with E-state index in [4.69, 9.17) is 21.1 Å². The molecule has 4 nitrogen and oxygen atoms in total. The molecule has 0 spiro atoms. The van der Waals surface area contributed by atoms with Crippen LogP contribution in [0, 0.1) is 0 Å². The first-order chi connectivity index (χ1) is 16.6. The summed E-state index contributed by atoms with van der Waals surface area (Å²) in [5.41, 5.74) is 0. The maximum absolute atomic E-state index is 11.8. The lowest BCUT2D eigenvalue weighted by Crippen LogP contribution is -2.07. The van der Waals surface area contributed by atoms with E-state index >= 15 is 0 Å². The Bertz CT molecular complexity index is 647. The van der Waals surface area contributed by atoms with Crippen molar-refractivity contribution >= 4 is 23.5 Å². The third-order valence-corrected chi connectivity index (χ3v) is 6.29. The fourth-order valence-electron chi connectivity index (χ4n) is 3.98. The predicted octanol–water partition coefficient (Wildman–Crippen LogP) is 9.22. The fourth-order valence-corrected chi connectivity index (χ4v) is 4.16. The quantitative estimate of drug-likeness (QED) is 0.0915. The topological polar surface area (TPSA) is 52.6 Å². The van der Waals surface area contributed by atoms with Gasteiger partial charge in [-0.2, -0.15) is 0 Å². The van der Waals surface area contributed by atoms with Crippen LogP contribution in [0.25, 0.3) is 0 Å². The summed E-state index contributed by atoms with van der Waals surface area (Å²) in [5.74, 6) is 0.214. The highest BCUT2D eigenvalue weighted by Crippen LogP contribution is 2.18. The van der Waals surface area contributed by atoms with E-state index in [0.717, 1.165) is 51.4 Å². The molecule has 0 aliphatic heterocycles. The van der Waals surface area contributed by atoms with E-state index in [2.05, 4.69) is 6.92 Å². The van der Waals surface area contributed by atoms with Crippen LogP contribution in [0.2, 0.25) is 5.02 Å². The van der Waals surface area contributed by atoms with Gasteiger partial charge in [-0.15, -0.1) is 0 Å². The van der Waals surface area contributed by atoms with Gasteiger partial charge in [-0.25, -0.2) is 0 Å². The third kappa shape index (κ3) is 18.8. The second-order valence-corrected chi connectivity index (χ2v) is 9.75. The Morgan fingerprint density at radius 2 is 1.18 bits per heavy atom. The smallest absolute Gasteiger partial charge is 0.311 e. The molecular formula is C29H47ClO4. The Hall–Kier alpha value is -1.55. The van der Waals surface area contributed by atoms with Gasteiger partial charge in [-0.05, 0) is 37.5 Å². The third-order valence-electron chi connectivity index (χ3n) is 6.05. The molecule has 0 unspecified atom stereocenters. The zero-order chi connectivity index (χ0) is 24.7. The van der Waals surface area contributed by atoms with E-state index in [1.165, 1.54) is 57.8 Å². The van der Waals surface area contributed by atoms with Crippen molar-refractivity contribution in [1.82, 2.24) is 0 Å². The lowest BCUT2D eigenvalue weighted by Gasteiger charge is -2.06. The Balaban J connectivity index is 1.81. The fraction of sp³-hybridized carbons (Fsp3) is 0.724. The number of unbranched alkanes of at least 4 members (excludes halogenated alkanes) is 15. The number of benzene rings is 1. The van der Waals surface area contributed by atoms with Gasteiger partial charge in [0.15, 0.2) is 0 Å². The molecule has 0 saturated heterocycles. The number of rotatable bonds is 22. The van der Waals surface area contributed by atoms with Crippen molar-refractivity contribution in [3.05, 3.63) is 29.3 Å². The first kappa shape index (κ1) is 30.5. The van der Waals surface area contributed by atoms with Crippen molar-refractivity contribution in [1.29, 1.82) is 0 Å². The highest BCUT2D eigenvalue weighted by molar-refractivity contribution is 6.30. The van der Waals surface area contributed by atoms with Crippen LogP contribution in [0.15, 0.2) is 24.3 Å². The largest absolute Gasteiger partial charge is 0.466 e. The number of carbonyl (C=O) groups is 2. The Kier molecular flexibility index (Phi) is 19.7. The molecular weight excluding hydrogens is 448 g/mol. The zero-order valence-corrected chi connectivity index (χ0v) is 22.2. The minimum Gasteiger partial charge on any atom is -0.466 e. The first-order valence-corrected chi connectivity index (χ1v) is 14.1. The molecule has 0 heterocycles. The van der Waals surface area contributed by atoms with Crippen molar-refractivity contribution in [2.24, 2.45) is 0 Å². The SMILES string of the molecule is CCCCCCCCCCCCCOC(=O)CCCCCCCCC(=O)Oc1cccc(Cl)c1. The molecule has 0 N–H and O–H groups in total. The summed E-state index contributed by atoms with van der Waals surface area (Å²) in [6.45, 7) is 2.83. The van der Waals surface area contributed by atoms with Crippen molar-refractivity contribution < 1.29 is 19.1 Å². The van der Waals surface area contributed by atoms with Gasteiger partial charge in [0.1, 0.15) is 5.75 Å². The molecule has 0 aliphatic rings. The molecule has 0 atom stereocenters. The van der Waals surface area contributed by atoms with Crippen molar-refractivity contribution in [3.8, 4) is 5.75 Å². The average Bonchev–Trinajstić information content (AvgIpc) is 2.81. The minimum absolute atomic E-state index is 0.0594. The van der Waals surface area contributed by atoms with Gasteiger partial charge in [0.05, 0.1) is 6.61 Å². The van der Waals surface area contributed by atoms with Crippen LogP contribution in [-0.4, -0.2) is 18.5 Å². The van der Waals surface area contributed by atoms with Gasteiger partial charge >= 0.3 is 11.9 Å². The van der Waals surface area contributed by atoms with E-state index in [1.54, 1.807) is 24.3 Å². The predicted molar refractivity (Wildman–Crippen MR) is 141 cm³/mol. The number of hydrogen-bond acceptors (Lipinski definition) is 4. The van der Waals surface area contributed by atoms with E-state index in [-0.39, 0.29) is 11.9 Å². The van der Waals surface area contributed by atoms with E-state index in [1.807, 2.05) is 0 Å². The van der Waals surface area contributed by atoms with Crippen LogP contribution >= 0.6 is 11.6 Å². The summed E-state index contributed by atoms with van der Waals surface area (Å²) in [7, 11) is 0. The molecule has 5 heteroatoms. The summed E-state index contributed by atoms with van der Waals surface area (Å²) in [5, 5.41) is 0.559. The summed E-state index contributed by atoms with van der Waals surface area (Å²) in [6, 6.07) is 6.88. The van der Waals surface area contributed by atoms with Crippen LogP contribution in [0.5, 0.6) is 5.75 Å². The standard InChI is InChI=1S/C29H47ClO4/c1-2-3-4-5-6-7-8-9-12-15-18-24-33-28(31)22-16-13-10-11-14-17-23-29(32)34-27-21-19-20-26(30)25-27/h19-21,25H,2-18,22-24H2,1H3. The molecule has 1 aromatic rings. The highest BCUT2D eigenvalue weighted by atomic mass is 35.5. The number of esters is 2. The highest BCUT2D eigenvalue weighted by Gasteiger charge is 2.06. The molecule has 34 heavy (non-hydrogen) atoms. The van der Waals surface area contributed by atoms with E-state index in [9.17, 15) is 9.59 Å². The lowest BCUT2D eigenvalue weighted by atomic mass is 10.1. The molecule has 194 valence electrons. The number of carbonyl (C=O) groups excluding carboxylic acids is 2. The summed E-state index contributed by atoms with van der Waals surface area (Å²) >= 11 is 5.89. The molecule has 0 aliphatic carbocycles. The Morgan fingerprint density at radius 3 is 1.74 bits per heavy atom. The second kappa shape index (κ2) is 21.9. The summed E-state index contributed by atoms with van der Waals surface area (Å²) in [4.78, 5) is 23.7. The number of halogens is 1. The lowest BCUT2D eigenvalue weighted by molar-refractivity contribution is -0.144. The number of hydrogen-bond donors (Lipinski definition) is 0. The maximum atomic E-state index is 11.8. The maximum Gasteiger partial charge on any atom is 0.311 e. The van der Waals surface area contributed by atoms with Crippen LogP contribution in [-0.2, 0) is 14.3 Å². The van der Waals surface area contributed by atoms with E-state index in [0.29, 0.717) is 30.2 Å². The van der Waals surface area contributed by atoms with Gasteiger partial charge in [0, 0.05) is 17.9 Å². The Labute approximate surface area is 213 Å². The summed E-state index contributed by atoms with van der Waals surface area (Å²) < 4.78 is 10.6. The van der Waals surface area contributed by atoms with Gasteiger partial charge in [0.25, 0.3) is 0 Å². The average molecular weight is 495 g/mol. The van der Waals surface area contributed by atoms with Gasteiger partial charge in [0.2, 0.25) is 0 Å². The summed E-state index contributed by atoms with van der Waals surface area (Å²) in [6.07, 6.45) is 21.1. The molecule has 0 radical (unpaired) electrons. The first-order valence-electron chi connectivity index (χ1n) is 13.7. The zero-order valence-electron chi connectivity index (χ0n) is 21.5. The monoisotopic (exact) mass is 494 g/mol. The van der Waals surface area contributed by atoms with Crippen molar-refractivity contribution in [2.45, 2.75) is 129 Å². The van der Waals surface area contributed by atoms with Crippen molar-refractivity contribution in [2.75, 3.05) is 6.61 Å². The van der Waals surface area contributed by atoms with Gasteiger partial charge < -0.3 is 9.47 Å². The van der Waals surface area contributed by atoms with Crippen molar-refractivity contribution in [3.63, 3.8) is 0 Å². The molecule has 0 aromatic heterocycles. The van der Waals surface area contributed by atoms with Crippen LogP contribution in [0.1, 0.15) is 129 Å². The second-order valence-electron chi connectivity index (χ2n) is 9.31.